The van der Waals surface area contributed by atoms with Crippen LogP contribution in [0.25, 0.3) is 0 Å². The Hall–Kier alpha value is -1.52. The third kappa shape index (κ3) is 3.59. The van der Waals surface area contributed by atoms with Gasteiger partial charge in [-0.1, -0.05) is 0 Å². The molecule has 0 spiro atoms. The highest BCUT2D eigenvalue weighted by Gasteiger charge is 1.95. The van der Waals surface area contributed by atoms with Gasteiger partial charge in [0.2, 0.25) is 0 Å². The third-order valence-electron chi connectivity index (χ3n) is 1.41. The van der Waals surface area contributed by atoms with Crippen molar-refractivity contribution >= 4 is 5.96 Å². The SMILES string of the molecule is CC(C)NC(N)=NCc1cnc[nH]1. The molecule has 5 heteroatoms. The van der Waals surface area contributed by atoms with Crippen LogP contribution >= 0.6 is 0 Å². The molecular weight excluding hydrogens is 166 g/mol. The van der Waals surface area contributed by atoms with Gasteiger partial charge in [0, 0.05) is 12.2 Å². The van der Waals surface area contributed by atoms with Gasteiger partial charge in [-0.3, -0.25) is 0 Å². The fourth-order valence-corrected chi connectivity index (χ4v) is 0.883. The zero-order chi connectivity index (χ0) is 9.68. The smallest absolute Gasteiger partial charge is 0.189 e. The highest BCUT2D eigenvalue weighted by molar-refractivity contribution is 5.77. The van der Waals surface area contributed by atoms with Crippen LogP contribution in [-0.2, 0) is 6.54 Å². The van der Waals surface area contributed by atoms with Crippen molar-refractivity contribution in [2.75, 3.05) is 0 Å². The van der Waals surface area contributed by atoms with Crippen LogP contribution in [0, 0.1) is 0 Å². The van der Waals surface area contributed by atoms with E-state index in [1.807, 2.05) is 13.8 Å². The van der Waals surface area contributed by atoms with Gasteiger partial charge < -0.3 is 16.0 Å². The second kappa shape index (κ2) is 4.49. The number of hydrogen-bond acceptors (Lipinski definition) is 2. The summed E-state index contributed by atoms with van der Waals surface area (Å²) in [6.07, 6.45) is 3.35. The predicted octanol–water partition coefficient (Wildman–Crippen LogP) is 0.222. The summed E-state index contributed by atoms with van der Waals surface area (Å²) in [6, 6.07) is 0.311. The third-order valence-corrected chi connectivity index (χ3v) is 1.41. The number of aliphatic imine (C=N–C) groups is 1. The van der Waals surface area contributed by atoms with Crippen LogP contribution < -0.4 is 11.1 Å². The maximum Gasteiger partial charge on any atom is 0.189 e. The van der Waals surface area contributed by atoms with Crippen molar-refractivity contribution in [1.29, 1.82) is 0 Å². The largest absolute Gasteiger partial charge is 0.370 e. The van der Waals surface area contributed by atoms with Gasteiger partial charge in [0.25, 0.3) is 0 Å². The van der Waals surface area contributed by atoms with Crippen LogP contribution in [0.1, 0.15) is 19.5 Å². The molecule has 72 valence electrons. The Morgan fingerprint density at radius 1 is 1.77 bits per heavy atom. The van der Waals surface area contributed by atoms with Gasteiger partial charge in [-0.05, 0) is 13.8 Å². The predicted molar refractivity (Wildman–Crippen MR) is 52.2 cm³/mol. The minimum Gasteiger partial charge on any atom is -0.370 e. The highest BCUT2D eigenvalue weighted by Crippen LogP contribution is 1.92. The van der Waals surface area contributed by atoms with Crippen molar-refractivity contribution in [2.24, 2.45) is 10.7 Å². The normalized spacial score (nSPS) is 12.1. The molecule has 0 aliphatic rings. The summed E-state index contributed by atoms with van der Waals surface area (Å²) >= 11 is 0. The van der Waals surface area contributed by atoms with E-state index >= 15 is 0 Å². The molecule has 0 saturated heterocycles. The number of guanidine groups is 1. The summed E-state index contributed by atoms with van der Waals surface area (Å²) in [7, 11) is 0. The van der Waals surface area contributed by atoms with Gasteiger partial charge in [-0.15, -0.1) is 0 Å². The molecule has 0 radical (unpaired) electrons. The van der Waals surface area contributed by atoms with E-state index in [1.165, 1.54) is 0 Å². The number of aromatic nitrogens is 2. The van der Waals surface area contributed by atoms with E-state index in [4.69, 9.17) is 5.73 Å². The molecule has 0 aliphatic heterocycles. The van der Waals surface area contributed by atoms with Crippen molar-refractivity contribution in [3.8, 4) is 0 Å². The van der Waals surface area contributed by atoms with Crippen molar-refractivity contribution in [2.45, 2.75) is 26.4 Å². The van der Waals surface area contributed by atoms with E-state index in [1.54, 1.807) is 12.5 Å². The molecule has 0 aromatic carbocycles. The molecule has 0 fully saturated rings. The second-order valence-corrected chi connectivity index (χ2v) is 3.08. The fraction of sp³-hybridized carbons (Fsp3) is 0.500. The Morgan fingerprint density at radius 3 is 3.08 bits per heavy atom. The Bertz CT molecular complexity index is 262. The van der Waals surface area contributed by atoms with Crippen LogP contribution in [0.2, 0.25) is 0 Å². The van der Waals surface area contributed by atoms with Gasteiger partial charge in [-0.25, -0.2) is 9.98 Å². The molecule has 0 bridgehead atoms. The number of hydrogen-bond donors (Lipinski definition) is 3. The van der Waals surface area contributed by atoms with Gasteiger partial charge in [-0.2, -0.15) is 0 Å². The second-order valence-electron chi connectivity index (χ2n) is 3.08. The van der Waals surface area contributed by atoms with E-state index in [0.717, 1.165) is 5.69 Å². The minimum absolute atomic E-state index is 0.311. The molecule has 4 N–H and O–H groups in total. The van der Waals surface area contributed by atoms with Crippen molar-refractivity contribution in [3.05, 3.63) is 18.2 Å². The quantitative estimate of drug-likeness (QED) is 0.461. The van der Waals surface area contributed by atoms with Crippen molar-refractivity contribution in [3.63, 3.8) is 0 Å². The number of nitrogens with two attached hydrogens (primary N) is 1. The number of nitrogens with one attached hydrogen (secondary N) is 2. The Kier molecular flexibility index (Phi) is 3.31. The average molecular weight is 181 g/mol. The summed E-state index contributed by atoms with van der Waals surface area (Å²) in [4.78, 5) is 10.9. The summed E-state index contributed by atoms with van der Waals surface area (Å²) in [5.74, 6) is 0.463. The van der Waals surface area contributed by atoms with E-state index in [9.17, 15) is 0 Å². The molecule has 0 unspecified atom stereocenters. The average Bonchev–Trinajstić information content (AvgIpc) is 2.51. The lowest BCUT2D eigenvalue weighted by Gasteiger charge is -2.07. The van der Waals surface area contributed by atoms with Crippen molar-refractivity contribution < 1.29 is 0 Å². The summed E-state index contributed by atoms with van der Waals surface area (Å²) in [6.45, 7) is 4.56. The minimum atomic E-state index is 0.311. The lowest BCUT2D eigenvalue weighted by atomic mass is 10.4. The van der Waals surface area contributed by atoms with Crippen LogP contribution in [0.15, 0.2) is 17.5 Å². The molecule has 13 heavy (non-hydrogen) atoms. The number of H-pyrrole nitrogens is 1. The van der Waals surface area contributed by atoms with E-state index in [-0.39, 0.29) is 0 Å². The zero-order valence-corrected chi connectivity index (χ0v) is 7.91. The molecule has 1 aromatic heterocycles. The standard InChI is InChI=1S/C8H15N5/c1-6(2)13-8(9)11-4-7-3-10-5-12-7/h3,5-6H,4H2,1-2H3,(H,10,12)(H3,9,11,13). The number of imidazole rings is 1. The first kappa shape index (κ1) is 9.57. The van der Waals surface area contributed by atoms with Crippen LogP contribution in [0.4, 0.5) is 0 Å². The molecule has 0 amide bonds. The van der Waals surface area contributed by atoms with Gasteiger partial charge in [0.1, 0.15) is 0 Å². The van der Waals surface area contributed by atoms with E-state index in [2.05, 4.69) is 20.3 Å². The van der Waals surface area contributed by atoms with Gasteiger partial charge in [0.05, 0.1) is 18.6 Å². The number of nitrogens with zero attached hydrogens (tertiary/aromatic N) is 2. The Balaban J connectivity index is 2.39. The molecule has 0 saturated carbocycles. The maximum atomic E-state index is 5.60. The first-order chi connectivity index (χ1) is 6.18. The molecule has 5 nitrogen and oxygen atoms in total. The first-order valence-corrected chi connectivity index (χ1v) is 4.22. The first-order valence-electron chi connectivity index (χ1n) is 4.22. The molecule has 1 aromatic rings. The van der Waals surface area contributed by atoms with Crippen molar-refractivity contribution in [1.82, 2.24) is 15.3 Å². The Labute approximate surface area is 77.5 Å². The summed E-state index contributed by atoms with van der Waals surface area (Å²) in [5, 5.41) is 3.00. The fourth-order valence-electron chi connectivity index (χ4n) is 0.883. The van der Waals surface area contributed by atoms with Crippen LogP contribution in [0.5, 0.6) is 0 Å². The maximum absolute atomic E-state index is 5.60. The molecular formula is C8H15N5. The van der Waals surface area contributed by atoms with Crippen LogP contribution in [-0.4, -0.2) is 22.0 Å². The van der Waals surface area contributed by atoms with Crippen LogP contribution in [0.3, 0.4) is 0 Å². The number of aromatic amines is 1. The van der Waals surface area contributed by atoms with Gasteiger partial charge >= 0.3 is 0 Å². The topological polar surface area (TPSA) is 79.1 Å². The molecule has 1 heterocycles. The monoisotopic (exact) mass is 181 g/mol. The summed E-state index contributed by atoms with van der Waals surface area (Å²) in [5.41, 5.74) is 6.55. The van der Waals surface area contributed by atoms with E-state index < -0.39 is 0 Å². The van der Waals surface area contributed by atoms with Gasteiger partial charge in [0.15, 0.2) is 5.96 Å². The molecule has 0 atom stereocenters. The molecule has 0 aliphatic carbocycles. The lowest BCUT2D eigenvalue weighted by Crippen LogP contribution is -2.36. The summed E-state index contributed by atoms with van der Waals surface area (Å²) < 4.78 is 0. The zero-order valence-electron chi connectivity index (χ0n) is 7.91. The lowest BCUT2D eigenvalue weighted by molar-refractivity contribution is 0.723. The molecule has 1 rings (SSSR count). The highest BCUT2D eigenvalue weighted by atomic mass is 15.1. The Morgan fingerprint density at radius 2 is 2.54 bits per heavy atom. The number of rotatable bonds is 3. The van der Waals surface area contributed by atoms with E-state index in [0.29, 0.717) is 18.5 Å².